The molecule has 0 spiro atoms. The van der Waals surface area contributed by atoms with Gasteiger partial charge in [0.15, 0.2) is 69.7 Å². The van der Waals surface area contributed by atoms with Crippen molar-refractivity contribution in [3.63, 3.8) is 0 Å². The van der Waals surface area contributed by atoms with Crippen molar-refractivity contribution >= 4 is 72.0 Å². The summed E-state index contributed by atoms with van der Waals surface area (Å²) in [4.78, 5) is 0. The highest BCUT2D eigenvalue weighted by atomic mass is 19.2. The van der Waals surface area contributed by atoms with Gasteiger partial charge < -0.3 is 14.0 Å². The molecule has 0 aliphatic rings. The number of halogens is 13. The van der Waals surface area contributed by atoms with Gasteiger partial charge in [0.2, 0.25) is 5.82 Å². The standard InChI is InChI=1S/C38H10BF13O3/c40-15-7-3-11-1-5-13-21-19(11)23(15)29(45)31(47)25(21)33(49)35(51)37(13)54-39(53-18-10-9-17(42)27(43)28(18)44)55-38-14-6-2-12-4-8-16(41)24-20(12)22(14)26(32(48)30(24)46)34(50)36(38)52/h1-10H. The van der Waals surface area contributed by atoms with Crippen LogP contribution >= 0.6 is 0 Å². The summed E-state index contributed by atoms with van der Waals surface area (Å²) < 4.78 is 213. The zero-order valence-corrected chi connectivity index (χ0v) is 26.5. The van der Waals surface area contributed by atoms with Crippen molar-refractivity contribution in [2.45, 2.75) is 0 Å². The Hall–Kier alpha value is -6.39. The molecule has 0 unspecified atom stereocenters. The van der Waals surface area contributed by atoms with Crippen molar-refractivity contribution in [2.75, 3.05) is 0 Å². The lowest BCUT2D eigenvalue weighted by atomic mass is 9.91. The van der Waals surface area contributed by atoms with Gasteiger partial charge in [-0.15, -0.1) is 0 Å². The van der Waals surface area contributed by atoms with Crippen LogP contribution in [-0.2, 0) is 0 Å². The molecule has 0 aliphatic carbocycles. The fourth-order valence-electron chi connectivity index (χ4n) is 7.04. The van der Waals surface area contributed by atoms with Gasteiger partial charge in [0.05, 0.1) is 21.5 Å². The quantitative estimate of drug-likeness (QED) is 0.0729. The number of hydrogen-bond acceptors (Lipinski definition) is 3. The Morgan fingerprint density at radius 1 is 0.291 bits per heavy atom. The molecule has 0 fully saturated rings. The van der Waals surface area contributed by atoms with Crippen LogP contribution in [0.15, 0.2) is 60.7 Å². The van der Waals surface area contributed by atoms with E-state index in [9.17, 15) is 22.0 Å². The van der Waals surface area contributed by atoms with Crippen LogP contribution in [0.2, 0.25) is 0 Å². The molecule has 0 N–H and O–H groups in total. The summed E-state index contributed by atoms with van der Waals surface area (Å²) in [6, 6.07) is 8.83. The highest BCUT2D eigenvalue weighted by Gasteiger charge is 2.39. The Morgan fingerprint density at radius 2 is 0.673 bits per heavy atom. The van der Waals surface area contributed by atoms with E-state index < -0.39 is 154 Å². The predicted octanol–water partition coefficient (Wildman–Crippen LogP) is 11.8. The molecule has 274 valence electrons. The Balaban J connectivity index is 1.31. The van der Waals surface area contributed by atoms with Gasteiger partial charge in [0.25, 0.3) is 0 Å². The number of hydrogen-bond donors (Lipinski definition) is 0. The predicted molar refractivity (Wildman–Crippen MR) is 174 cm³/mol. The summed E-state index contributed by atoms with van der Waals surface area (Å²) in [7, 11) is -2.91. The second kappa shape index (κ2) is 11.8. The van der Waals surface area contributed by atoms with Crippen LogP contribution in [0.5, 0.6) is 17.2 Å². The van der Waals surface area contributed by atoms with Gasteiger partial charge >= 0.3 is 7.32 Å². The molecular weight excluding hydrogens is 762 g/mol. The first kappa shape index (κ1) is 34.4. The van der Waals surface area contributed by atoms with E-state index in [0.717, 1.165) is 48.5 Å². The van der Waals surface area contributed by atoms with E-state index in [-0.39, 0.29) is 10.8 Å². The van der Waals surface area contributed by atoms with Crippen LogP contribution in [0.4, 0.5) is 57.1 Å². The molecule has 0 saturated heterocycles. The lowest BCUT2D eigenvalue weighted by Crippen LogP contribution is -2.38. The van der Waals surface area contributed by atoms with Crippen LogP contribution in [-0.4, -0.2) is 7.32 Å². The average Bonchev–Trinajstić information content (AvgIpc) is 3.16. The maximum atomic E-state index is 16.0. The van der Waals surface area contributed by atoms with Gasteiger partial charge in [-0.2, -0.15) is 13.2 Å². The van der Waals surface area contributed by atoms with Crippen molar-refractivity contribution < 1.29 is 71.0 Å². The molecule has 0 bridgehead atoms. The summed E-state index contributed by atoms with van der Waals surface area (Å²) in [5, 5.41) is -8.04. The largest absolute Gasteiger partial charge is 0.864 e. The summed E-state index contributed by atoms with van der Waals surface area (Å²) in [5.41, 5.74) is 0. The van der Waals surface area contributed by atoms with Gasteiger partial charge in [0, 0.05) is 32.3 Å². The van der Waals surface area contributed by atoms with Crippen molar-refractivity contribution in [3.8, 4) is 17.2 Å². The first-order valence-electron chi connectivity index (χ1n) is 15.6. The maximum absolute atomic E-state index is 16.0. The Bertz CT molecular complexity index is 2960. The van der Waals surface area contributed by atoms with E-state index in [1.165, 1.54) is 0 Å². The van der Waals surface area contributed by atoms with E-state index in [1.54, 1.807) is 0 Å². The summed E-state index contributed by atoms with van der Waals surface area (Å²) >= 11 is 0. The van der Waals surface area contributed by atoms with Crippen LogP contribution < -0.4 is 14.0 Å². The summed E-state index contributed by atoms with van der Waals surface area (Å²) in [6.45, 7) is 0. The second-order valence-electron chi connectivity index (χ2n) is 12.3. The first-order valence-corrected chi connectivity index (χ1v) is 15.6. The molecule has 0 amide bonds. The van der Waals surface area contributed by atoms with Gasteiger partial charge in [-0.05, 0) is 47.2 Å². The molecule has 0 heterocycles. The Labute approximate surface area is 296 Å². The molecular formula is C38H10BF13O3. The van der Waals surface area contributed by atoms with Crippen LogP contribution in [0.25, 0.3) is 64.6 Å². The average molecular weight is 772 g/mol. The van der Waals surface area contributed by atoms with E-state index in [2.05, 4.69) is 0 Å². The minimum absolute atomic E-state index is 0.00367. The highest BCUT2D eigenvalue weighted by molar-refractivity contribution is 6.41. The normalized spacial score (nSPS) is 12.1. The second-order valence-corrected chi connectivity index (χ2v) is 12.3. The number of rotatable bonds is 6. The highest BCUT2D eigenvalue weighted by Crippen LogP contribution is 2.47. The third kappa shape index (κ3) is 4.61. The van der Waals surface area contributed by atoms with E-state index in [1.807, 2.05) is 0 Å². The maximum Gasteiger partial charge on any atom is 0.864 e. The molecule has 3 nitrogen and oxygen atoms in total. The molecule has 0 atom stereocenters. The number of benzene rings is 9. The molecule has 9 aromatic rings. The minimum Gasteiger partial charge on any atom is -0.487 e. The topological polar surface area (TPSA) is 27.7 Å². The molecule has 0 aliphatic heterocycles. The van der Waals surface area contributed by atoms with Crippen LogP contribution in [0.1, 0.15) is 0 Å². The van der Waals surface area contributed by atoms with Crippen molar-refractivity contribution in [2.24, 2.45) is 0 Å². The third-order valence-electron chi connectivity index (χ3n) is 9.40. The molecule has 0 aromatic heterocycles. The molecule has 55 heavy (non-hydrogen) atoms. The van der Waals surface area contributed by atoms with Crippen molar-refractivity contribution in [3.05, 3.63) is 136 Å². The van der Waals surface area contributed by atoms with Gasteiger partial charge in [-0.1, -0.05) is 24.3 Å². The molecule has 9 aromatic carbocycles. The van der Waals surface area contributed by atoms with Crippen molar-refractivity contribution in [1.29, 1.82) is 0 Å². The Morgan fingerprint density at radius 3 is 1.13 bits per heavy atom. The smallest absolute Gasteiger partial charge is 0.487 e. The fraction of sp³-hybridized carbons (Fsp3) is 0. The minimum atomic E-state index is -2.91. The zero-order chi connectivity index (χ0) is 38.9. The van der Waals surface area contributed by atoms with Gasteiger partial charge in [-0.25, -0.2) is 43.9 Å². The zero-order valence-electron chi connectivity index (χ0n) is 26.5. The molecule has 0 saturated carbocycles. The Kier molecular flexibility index (Phi) is 7.38. The summed E-state index contributed by atoms with van der Waals surface area (Å²) in [6.07, 6.45) is 0. The molecule has 0 radical (unpaired) electrons. The monoisotopic (exact) mass is 772 g/mol. The SMILES string of the molecule is Fc1ccc(OB(Oc2c(F)c(F)c3c(F)c(F)c4c(F)ccc5ccc2c3c54)Oc2c(F)c(F)c3c(F)c(F)c4c(F)ccc5ccc2c3c54)c(F)c1F. The van der Waals surface area contributed by atoms with E-state index >= 15 is 35.1 Å². The van der Waals surface area contributed by atoms with Crippen LogP contribution in [0.3, 0.4) is 0 Å². The molecule has 17 heteroatoms. The lowest BCUT2D eigenvalue weighted by Gasteiger charge is -2.22. The lowest BCUT2D eigenvalue weighted by molar-refractivity contribution is 0.284. The fourth-order valence-corrected chi connectivity index (χ4v) is 7.04. The van der Waals surface area contributed by atoms with E-state index in [4.69, 9.17) is 14.0 Å². The van der Waals surface area contributed by atoms with Gasteiger partial charge in [-0.3, -0.25) is 0 Å². The third-order valence-corrected chi connectivity index (χ3v) is 9.40. The first-order chi connectivity index (χ1) is 26.2. The van der Waals surface area contributed by atoms with Crippen molar-refractivity contribution in [1.82, 2.24) is 0 Å². The van der Waals surface area contributed by atoms with E-state index in [0.29, 0.717) is 12.1 Å². The van der Waals surface area contributed by atoms with Gasteiger partial charge in [0.1, 0.15) is 17.4 Å². The molecule has 9 rings (SSSR count). The van der Waals surface area contributed by atoms with Crippen LogP contribution in [0, 0.1) is 75.6 Å². The summed E-state index contributed by atoms with van der Waals surface area (Å²) in [5.74, 6) is -28.7.